The molecule has 2 rings (SSSR count). The van der Waals surface area contributed by atoms with E-state index < -0.39 is 4.92 Å². The average molecular weight is 369 g/mol. The number of aromatic amines is 1. The van der Waals surface area contributed by atoms with Gasteiger partial charge < -0.3 is 5.32 Å². The van der Waals surface area contributed by atoms with E-state index in [1.54, 1.807) is 19.1 Å². The van der Waals surface area contributed by atoms with Crippen molar-refractivity contribution < 1.29 is 4.92 Å². The van der Waals surface area contributed by atoms with Crippen LogP contribution in [-0.2, 0) is 0 Å². The van der Waals surface area contributed by atoms with Crippen LogP contribution in [0.5, 0.6) is 0 Å². The lowest BCUT2D eigenvalue weighted by atomic mass is 10.2. The Morgan fingerprint density at radius 3 is 2.95 bits per heavy atom. The largest absolute Gasteiger partial charge is 0.332 e. The normalized spacial score (nSPS) is 9.95. The van der Waals surface area contributed by atoms with E-state index in [-0.39, 0.29) is 11.5 Å². The van der Waals surface area contributed by atoms with Gasteiger partial charge in [-0.25, -0.2) is 0 Å². The summed E-state index contributed by atoms with van der Waals surface area (Å²) in [6.45, 7) is 1.71. The van der Waals surface area contributed by atoms with Gasteiger partial charge in [-0.3, -0.25) is 15.2 Å². The monoisotopic (exact) mass is 369 g/mol. The Morgan fingerprint density at radius 1 is 1.58 bits per heavy atom. The van der Waals surface area contributed by atoms with Gasteiger partial charge in [0.25, 0.3) is 5.69 Å². The summed E-state index contributed by atoms with van der Waals surface area (Å²) in [5.41, 5.74) is 1.19. The van der Waals surface area contributed by atoms with Crippen molar-refractivity contribution >= 4 is 39.8 Å². The summed E-state index contributed by atoms with van der Waals surface area (Å²) in [4.78, 5) is 10.5. The van der Waals surface area contributed by atoms with Crippen molar-refractivity contribution in [1.29, 1.82) is 5.26 Å². The minimum Gasteiger partial charge on any atom is -0.332 e. The van der Waals surface area contributed by atoms with Crippen LogP contribution in [-0.4, -0.2) is 15.1 Å². The molecule has 8 heteroatoms. The third kappa shape index (κ3) is 2.65. The van der Waals surface area contributed by atoms with Crippen LogP contribution in [0, 0.1) is 31.9 Å². The molecule has 0 unspecified atom stereocenters. The highest BCUT2D eigenvalue weighted by atomic mass is 127. The second-order valence-electron chi connectivity index (χ2n) is 3.73. The van der Waals surface area contributed by atoms with Crippen LogP contribution in [0.25, 0.3) is 0 Å². The third-order valence-corrected chi connectivity index (χ3v) is 3.14. The lowest BCUT2D eigenvalue weighted by molar-refractivity contribution is -0.384. The fourth-order valence-electron chi connectivity index (χ4n) is 1.55. The molecule has 96 valence electrons. The van der Waals surface area contributed by atoms with E-state index in [0.717, 1.165) is 3.57 Å². The van der Waals surface area contributed by atoms with Crippen molar-refractivity contribution in [3.63, 3.8) is 0 Å². The van der Waals surface area contributed by atoms with Gasteiger partial charge in [0.2, 0.25) is 0 Å². The van der Waals surface area contributed by atoms with Gasteiger partial charge in [0.1, 0.15) is 17.3 Å². The number of hydrogen-bond acceptors (Lipinski definition) is 5. The lowest BCUT2D eigenvalue weighted by Crippen LogP contribution is -1.99. The summed E-state index contributed by atoms with van der Waals surface area (Å²) in [6, 6.07) is 6.78. The Bertz CT molecular complexity index is 689. The zero-order chi connectivity index (χ0) is 14.0. The molecule has 0 spiro atoms. The van der Waals surface area contributed by atoms with Gasteiger partial charge in [0.15, 0.2) is 5.82 Å². The Balaban J connectivity index is 2.44. The number of nitriles is 1. The van der Waals surface area contributed by atoms with E-state index >= 15 is 0 Å². The fourth-order valence-corrected chi connectivity index (χ4v) is 2.02. The molecule has 1 aromatic carbocycles. The number of anilines is 2. The van der Waals surface area contributed by atoms with Gasteiger partial charge >= 0.3 is 0 Å². The smallest absolute Gasteiger partial charge is 0.293 e. The van der Waals surface area contributed by atoms with E-state index in [1.165, 1.54) is 6.07 Å². The number of nitrogens with zero attached hydrogens (tertiary/aromatic N) is 3. The van der Waals surface area contributed by atoms with Crippen molar-refractivity contribution in [3.8, 4) is 6.07 Å². The molecule has 0 bridgehead atoms. The van der Waals surface area contributed by atoms with E-state index in [1.807, 2.05) is 28.7 Å². The molecule has 0 saturated carbocycles. The highest BCUT2D eigenvalue weighted by molar-refractivity contribution is 14.1. The summed E-state index contributed by atoms with van der Waals surface area (Å²) < 4.78 is 0.758. The minimum atomic E-state index is -0.476. The van der Waals surface area contributed by atoms with Crippen LogP contribution in [0.1, 0.15) is 11.3 Å². The Kier molecular flexibility index (Phi) is 3.66. The van der Waals surface area contributed by atoms with E-state index in [4.69, 9.17) is 5.26 Å². The molecule has 0 aliphatic rings. The molecule has 7 nitrogen and oxygen atoms in total. The SMILES string of the molecule is Cc1[nH]nc(Nc2ccc(I)cc2[N+](=O)[O-])c1C#N. The predicted molar refractivity (Wildman–Crippen MR) is 77.1 cm³/mol. The van der Waals surface area contributed by atoms with Gasteiger partial charge in [-0.05, 0) is 41.6 Å². The van der Waals surface area contributed by atoms with Gasteiger partial charge in [-0.2, -0.15) is 10.4 Å². The summed E-state index contributed by atoms with van der Waals surface area (Å²) >= 11 is 2.00. The van der Waals surface area contributed by atoms with Crippen molar-refractivity contribution in [2.45, 2.75) is 6.92 Å². The number of nitro groups is 1. The zero-order valence-electron chi connectivity index (χ0n) is 9.77. The quantitative estimate of drug-likeness (QED) is 0.492. The molecule has 1 heterocycles. The molecule has 0 aliphatic heterocycles. The van der Waals surface area contributed by atoms with Crippen LogP contribution < -0.4 is 5.32 Å². The van der Waals surface area contributed by atoms with Crippen LogP contribution in [0.2, 0.25) is 0 Å². The summed E-state index contributed by atoms with van der Waals surface area (Å²) in [5.74, 6) is 0.282. The maximum atomic E-state index is 11.0. The molecular weight excluding hydrogens is 361 g/mol. The molecular formula is C11H8IN5O2. The Morgan fingerprint density at radius 2 is 2.32 bits per heavy atom. The fraction of sp³-hybridized carbons (Fsp3) is 0.0909. The molecule has 1 aromatic heterocycles. The molecule has 0 fully saturated rings. The number of H-pyrrole nitrogens is 1. The molecule has 2 aromatic rings. The maximum absolute atomic E-state index is 11.0. The second kappa shape index (κ2) is 5.23. The van der Waals surface area contributed by atoms with Crippen molar-refractivity contribution in [3.05, 3.63) is 43.1 Å². The first kappa shape index (κ1) is 13.3. The van der Waals surface area contributed by atoms with Crippen molar-refractivity contribution in [2.75, 3.05) is 5.32 Å². The number of hydrogen-bond donors (Lipinski definition) is 2. The summed E-state index contributed by atoms with van der Waals surface area (Å²) in [5, 5.41) is 29.4. The second-order valence-corrected chi connectivity index (χ2v) is 4.97. The molecule has 0 saturated heterocycles. The van der Waals surface area contributed by atoms with E-state index in [9.17, 15) is 10.1 Å². The van der Waals surface area contributed by atoms with Crippen LogP contribution in [0.3, 0.4) is 0 Å². The molecule has 2 N–H and O–H groups in total. The summed E-state index contributed by atoms with van der Waals surface area (Å²) in [7, 11) is 0. The third-order valence-electron chi connectivity index (χ3n) is 2.47. The molecule has 0 radical (unpaired) electrons. The van der Waals surface area contributed by atoms with Gasteiger partial charge in [-0.15, -0.1) is 0 Å². The van der Waals surface area contributed by atoms with Crippen LogP contribution in [0.15, 0.2) is 18.2 Å². The van der Waals surface area contributed by atoms with Gasteiger partial charge in [0, 0.05) is 9.64 Å². The van der Waals surface area contributed by atoms with E-state index in [2.05, 4.69) is 15.5 Å². The standard InChI is InChI=1S/C11H8IN5O2/c1-6-8(5-13)11(16-15-6)14-9-3-2-7(12)4-10(9)17(18)19/h2-4H,1H3,(H2,14,15,16). The topological polar surface area (TPSA) is 108 Å². The highest BCUT2D eigenvalue weighted by Gasteiger charge is 2.17. The number of benzene rings is 1. The van der Waals surface area contributed by atoms with Crippen LogP contribution in [0.4, 0.5) is 17.2 Å². The number of nitro benzene ring substituents is 1. The van der Waals surface area contributed by atoms with Crippen molar-refractivity contribution in [2.24, 2.45) is 0 Å². The van der Waals surface area contributed by atoms with Gasteiger partial charge in [-0.1, -0.05) is 0 Å². The van der Waals surface area contributed by atoms with Crippen molar-refractivity contribution in [1.82, 2.24) is 10.2 Å². The highest BCUT2D eigenvalue weighted by Crippen LogP contribution is 2.30. The Labute approximate surface area is 121 Å². The number of aryl methyl sites for hydroxylation is 1. The molecule has 0 aliphatic carbocycles. The Hall–Kier alpha value is -2.15. The van der Waals surface area contributed by atoms with E-state index in [0.29, 0.717) is 16.9 Å². The molecule has 0 amide bonds. The number of aromatic nitrogens is 2. The number of rotatable bonds is 3. The predicted octanol–water partition coefficient (Wildman–Crippen LogP) is 2.85. The van der Waals surface area contributed by atoms with Crippen LogP contribution >= 0.6 is 22.6 Å². The molecule has 19 heavy (non-hydrogen) atoms. The minimum absolute atomic E-state index is 0.0588. The van der Waals surface area contributed by atoms with Gasteiger partial charge in [0.05, 0.1) is 10.6 Å². The first-order valence-corrected chi connectivity index (χ1v) is 6.27. The number of halogens is 1. The first-order valence-electron chi connectivity index (χ1n) is 5.19. The lowest BCUT2D eigenvalue weighted by Gasteiger charge is -2.05. The zero-order valence-corrected chi connectivity index (χ0v) is 11.9. The first-order chi connectivity index (χ1) is 9.02. The maximum Gasteiger partial charge on any atom is 0.293 e. The molecule has 0 atom stereocenters. The summed E-state index contributed by atoms with van der Waals surface area (Å²) in [6.07, 6.45) is 0. The average Bonchev–Trinajstić information content (AvgIpc) is 2.71. The number of nitrogens with one attached hydrogen (secondary N) is 2.